The monoisotopic (exact) mass is 418 g/mol. The Morgan fingerprint density at radius 3 is 2.60 bits per heavy atom. The number of alkyl halides is 3. The molecule has 0 saturated carbocycles. The van der Waals surface area contributed by atoms with Gasteiger partial charge in [-0.2, -0.15) is 18.3 Å². The van der Waals surface area contributed by atoms with E-state index in [1.165, 1.54) is 12.1 Å². The standard InChI is InChI=1S/C21H21F3N4O2/c1-27(13-20(30)15-4-6-17(7-5-15)21(22,23)24)10-8-19-16(14-29)12-28(26-19)18-3-2-9-25-11-18/h3-7,11-12,14H,2,8-10,13H2,1H3. The number of aromatic nitrogens is 2. The Hall–Kier alpha value is -3.07. The van der Waals surface area contributed by atoms with Gasteiger partial charge in [-0.25, -0.2) is 4.68 Å². The molecule has 0 fully saturated rings. The van der Waals surface area contributed by atoms with Crippen molar-refractivity contribution in [1.29, 1.82) is 0 Å². The van der Waals surface area contributed by atoms with Crippen molar-refractivity contribution in [1.82, 2.24) is 14.7 Å². The minimum absolute atomic E-state index is 0.0420. The molecule has 0 bridgehead atoms. The second kappa shape index (κ2) is 9.17. The van der Waals surface area contributed by atoms with Crippen LogP contribution in [-0.4, -0.2) is 59.6 Å². The van der Waals surface area contributed by atoms with Crippen LogP contribution in [0.25, 0.3) is 5.70 Å². The molecule has 158 valence electrons. The molecular weight excluding hydrogens is 397 g/mol. The van der Waals surface area contributed by atoms with Crippen LogP contribution >= 0.6 is 0 Å². The van der Waals surface area contributed by atoms with Crippen LogP contribution in [0.1, 0.15) is 38.4 Å². The van der Waals surface area contributed by atoms with Crippen molar-refractivity contribution < 1.29 is 22.8 Å². The number of likely N-dealkylation sites (N-methyl/N-ethyl adjacent to an activating group) is 1. The first-order valence-electron chi connectivity index (χ1n) is 9.41. The number of halogens is 3. The van der Waals surface area contributed by atoms with E-state index in [1.54, 1.807) is 29.0 Å². The summed E-state index contributed by atoms with van der Waals surface area (Å²) in [5, 5.41) is 4.45. The molecule has 1 aliphatic heterocycles. The molecular formula is C21H21F3N4O2. The predicted octanol–water partition coefficient (Wildman–Crippen LogP) is 3.39. The average molecular weight is 418 g/mol. The number of ketones is 1. The first kappa shape index (κ1) is 21.6. The fourth-order valence-electron chi connectivity index (χ4n) is 3.06. The molecule has 6 nitrogen and oxygen atoms in total. The van der Waals surface area contributed by atoms with Crippen LogP contribution in [0.4, 0.5) is 13.2 Å². The van der Waals surface area contributed by atoms with Gasteiger partial charge in [-0.3, -0.25) is 19.5 Å². The Labute approximate surface area is 171 Å². The second-order valence-electron chi connectivity index (χ2n) is 7.03. The first-order valence-corrected chi connectivity index (χ1v) is 9.41. The minimum atomic E-state index is -4.43. The van der Waals surface area contributed by atoms with Gasteiger partial charge in [-0.1, -0.05) is 18.2 Å². The minimum Gasteiger partial charge on any atom is -0.299 e. The number of Topliss-reactive ketones (excluding diaryl/α,β-unsaturated/α-hetero) is 1. The van der Waals surface area contributed by atoms with Crippen LogP contribution in [0.2, 0.25) is 0 Å². The van der Waals surface area contributed by atoms with Gasteiger partial charge in [-0.15, -0.1) is 0 Å². The van der Waals surface area contributed by atoms with E-state index in [-0.39, 0.29) is 17.9 Å². The van der Waals surface area contributed by atoms with Crippen LogP contribution in [-0.2, 0) is 12.6 Å². The lowest BCUT2D eigenvalue weighted by Crippen LogP contribution is -2.28. The fraction of sp³-hybridized carbons (Fsp3) is 0.333. The maximum atomic E-state index is 12.6. The topological polar surface area (TPSA) is 67.6 Å². The number of nitrogens with zero attached hydrogens (tertiary/aromatic N) is 4. The summed E-state index contributed by atoms with van der Waals surface area (Å²) < 4.78 is 39.5. The normalized spacial score (nSPS) is 14.1. The lowest BCUT2D eigenvalue weighted by atomic mass is 10.1. The highest BCUT2D eigenvalue weighted by Gasteiger charge is 2.30. The number of aliphatic imine (C=N–C) groups is 1. The maximum Gasteiger partial charge on any atom is 0.416 e. The van der Waals surface area contributed by atoms with Gasteiger partial charge in [0, 0.05) is 37.5 Å². The average Bonchev–Trinajstić information content (AvgIpc) is 3.15. The number of benzene rings is 1. The van der Waals surface area contributed by atoms with E-state index in [1.807, 2.05) is 6.08 Å². The summed E-state index contributed by atoms with van der Waals surface area (Å²) in [4.78, 5) is 29.7. The van der Waals surface area contributed by atoms with E-state index >= 15 is 0 Å². The molecule has 0 radical (unpaired) electrons. The maximum absolute atomic E-state index is 12.6. The molecule has 30 heavy (non-hydrogen) atoms. The zero-order valence-electron chi connectivity index (χ0n) is 16.4. The number of hydrogen-bond donors (Lipinski definition) is 0. The summed E-state index contributed by atoms with van der Waals surface area (Å²) in [5.41, 5.74) is 1.32. The van der Waals surface area contributed by atoms with Crippen molar-refractivity contribution in [2.75, 3.05) is 26.7 Å². The summed E-state index contributed by atoms with van der Waals surface area (Å²) >= 11 is 0. The molecule has 0 saturated heterocycles. The molecule has 3 rings (SSSR count). The van der Waals surface area contributed by atoms with Crippen molar-refractivity contribution in [2.24, 2.45) is 4.99 Å². The third-order valence-electron chi connectivity index (χ3n) is 4.73. The Morgan fingerprint density at radius 2 is 2.00 bits per heavy atom. The van der Waals surface area contributed by atoms with Crippen LogP contribution in [0.5, 0.6) is 0 Å². The van der Waals surface area contributed by atoms with Crippen molar-refractivity contribution >= 4 is 24.0 Å². The Kier molecular flexibility index (Phi) is 6.61. The number of rotatable bonds is 8. The highest BCUT2D eigenvalue weighted by Crippen LogP contribution is 2.29. The molecule has 0 unspecified atom stereocenters. The molecule has 2 heterocycles. The Balaban J connectivity index is 1.59. The lowest BCUT2D eigenvalue weighted by Gasteiger charge is -2.15. The van der Waals surface area contributed by atoms with Gasteiger partial charge >= 0.3 is 6.18 Å². The molecule has 0 spiro atoms. The Bertz CT molecular complexity index is 975. The molecule has 0 amide bonds. The number of allylic oxidation sites excluding steroid dienone is 1. The zero-order valence-corrected chi connectivity index (χ0v) is 16.4. The third-order valence-corrected chi connectivity index (χ3v) is 4.73. The van der Waals surface area contributed by atoms with Gasteiger partial charge in [0.05, 0.1) is 29.1 Å². The zero-order chi connectivity index (χ0) is 21.7. The first-order chi connectivity index (χ1) is 14.3. The van der Waals surface area contributed by atoms with Gasteiger partial charge in [0.25, 0.3) is 0 Å². The third kappa shape index (κ3) is 5.29. The van der Waals surface area contributed by atoms with Crippen molar-refractivity contribution in [3.8, 4) is 0 Å². The summed E-state index contributed by atoms with van der Waals surface area (Å²) in [6, 6.07) is 4.17. The predicted molar refractivity (Wildman–Crippen MR) is 107 cm³/mol. The van der Waals surface area contributed by atoms with Gasteiger partial charge in [0.1, 0.15) is 0 Å². The molecule has 1 aromatic carbocycles. The smallest absolute Gasteiger partial charge is 0.299 e. The molecule has 0 aliphatic carbocycles. The number of carbonyl (C=O) groups excluding carboxylic acids is 2. The van der Waals surface area contributed by atoms with E-state index in [4.69, 9.17) is 0 Å². The van der Waals surface area contributed by atoms with E-state index in [9.17, 15) is 22.8 Å². The van der Waals surface area contributed by atoms with E-state index < -0.39 is 11.7 Å². The molecule has 0 atom stereocenters. The van der Waals surface area contributed by atoms with Gasteiger partial charge < -0.3 is 0 Å². The second-order valence-corrected chi connectivity index (χ2v) is 7.03. The highest BCUT2D eigenvalue weighted by molar-refractivity contribution is 6.02. The van der Waals surface area contributed by atoms with Crippen LogP contribution < -0.4 is 0 Å². The summed E-state index contributed by atoms with van der Waals surface area (Å²) in [6.07, 6.45) is 2.93. The van der Waals surface area contributed by atoms with Gasteiger partial charge in [0.2, 0.25) is 0 Å². The fourth-order valence-corrected chi connectivity index (χ4v) is 3.06. The largest absolute Gasteiger partial charge is 0.416 e. The Morgan fingerprint density at radius 1 is 1.27 bits per heavy atom. The van der Waals surface area contributed by atoms with Gasteiger partial charge in [-0.05, 0) is 25.6 Å². The van der Waals surface area contributed by atoms with Crippen molar-refractivity contribution in [3.05, 3.63) is 58.9 Å². The quantitative estimate of drug-likeness (QED) is 0.487. The highest BCUT2D eigenvalue weighted by atomic mass is 19.4. The number of dihydropyridines is 1. The van der Waals surface area contributed by atoms with E-state index in [2.05, 4.69) is 10.1 Å². The molecule has 0 N–H and O–H groups in total. The molecule has 1 aromatic heterocycles. The van der Waals surface area contributed by atoms with Crippen molar-refractivity contribution in [3.63, 3.8) is 0 Å². The summed E-state index contributed by atoms with van der Waals surface area (Å²) in [6.45, 7) is 1.23. The van der Waals surface area contributed by atoms with Gasteiger partial charge in [0.15, 0.2) is 12.1 Å². The number of hydrogen-bond acceptors (Lipinski definition) is 5. The lowest BCUT2D eigenvalue weighted by molar-refractivity contribution is -0.137. The molecule has 2 aromatic rings. The van der Waals surface area contributed by atoms with Crippen LogP contribution in [0.3, 0.4) is 0 Å². The number of aldehydes is 1. The summed E-state index contributed by atoms with van der Waals surface area (Å²) in [7, 11) is 1.73. The SMILES string of the molecule is CN(CCc1nn(C2=CCCN=C2)cc1C=O)CC(=O)c1ccc(C(F)(F)F)cc1. The molecule has 9 heteroatoms. The van der Waals surface area contributed by atoms with Crippen LogP contribution in [0, 0.1) is 0 Å². The van der Waals surface area contributed by atoms with Crippen molar-refractivity contribution in [2.45, 2.75) is 19.0 Å². The summed E-state index contributed by atoms with van der Waals surface area (Å²) in [5.74, 6) is -0.282. The van der Waals surface area contributed by atoms with E-state index in [0.717, 1.165) is 37.1 Å². The van der Waals surface area contributed by atoms with Crippen LogP contribution in [0.15, 0.2) is 41.5 Å². The number of carbonyl (C=O) groups is 2. The van der Waals surface area contributed by atoms with E-state index in [0.29, 0.717) is 24.2 Å². The molecule has 1 aliphatic rings.